The summed E-state index contributed by atoms with van der Waals surface area (Å²) in [7, 11) is 1.55. The molecule has 0 aliphatic heterocycles. The lowest BCUT2D eigenvalue weighted by atomic mass is 10.0. The number of benzene rings is 2. The molecule has 144 valence electrons. The molecule has 0 radical (unpaired) electrons. The molecule has 4 aromatic rings. The van der Waals surface area contributed by atoms with Gasteiger partial charge in [0.05, 0.1) is 7.11 Å². The van der Waals surface area contributed by atoms with Gasteiger partial charge in [-0.25, -0.2) is 4.39 Å². The van der Waals surface area contributed by atoms with Gasteiger partial charge < -0.3 is 14.5 Å². The third kappa shape index (κ3) is 3.60. The van der Waals surface area contributed by atoms with Gasteiger partial charge >= 0.3 is 0 Å². The normalized spacial score (nSPS) is 10.7. The number of hydrogen-bond acceptors (Lipinski definition) is 3. The van der Waals surface area contributed by atoms with Gasteiger partial charge in [-0.15, -0.1) is 0 Å². The molecule has 0 fully saturated rings. The van der Waals surface area contributed by atoms with E-state index in [-0.39, 0.29) is 11.5 Å². The third-order valence-corrected chi connectivity index (χ3v) is 4.60. The highest BCUT2D eigenvalue weighted by Crippen LogP contribution is 2.29. The van der Waals surface area contributed by atoms with Gasteiger partial charge in [-0.3, -0.25) is 9.59 Å². The topological polar surface area (TPSA) is 59.8 Å². The summed E-state index contributed by atoms with van der Waals surface area (Å²) in [6, 6.07) is 19.8. The van der Waals surface area contributed by atoms with Crippen LogP contribution in [0.2, 0.25) is 0 Å². The fraction of sp³-hybridized carbons (Fsp3) is 0.0435. The molecular weight excluding hydrogens is 371 g/mol. The fourth-order valence-corrected chi connectivity index (χ4v) is 3.17. The number of fused-ring (bicyclic) bond motifs is 1. The number of ether oxygens (including phenoxy) is 1. The Hall–Kier alpha value is -3.93. The number of nitrogens with one attached hydrogen (secondary N) is 1. The standard InChI is InChI=1S/C23H17FN2O3/c1-29-19-11-9-17(10-12-19)25-23(28)22(27)21-20(15-5-7-16(24)8-6-15)14-18-4-2-3-13-26(18)21/h2-14H,1H3,(H,25,28). The molecule has 2 heterocycles. The van der Waals surface area contributed by atoms with Crippen LogP contribution >= 0.6 is 0 Å². The van der Waals surface area contributed by atoms with Crippen molar-refractivity contribution in [3.8, 4) is 16.9 Å². The second-order valence-electron chi connectivity index (χ2n) is 6.42. The maximum atomic E-state index is 13.3. The maximum Gasteiger partial charge on any atom is 0.298 e. The number of ketones is 1. The molecule has 2 aromatic heterocycles. The molecule has 0 unspecified atom stereocenters. The van der Waals surface area contributed by atoms with E-state index in [1.807, 2.05) is 12.1 Å². The summed E-state index contributed by atoms with van der Waals surface area (Å²) < 4.78 is 20.1. The van der Waals surface area contributed by atoms with Gasteiger partial charge in [0.2, 0.25) is 0 Å². The zero-order valence-corrected chi connectivity index (χ0v) is 15.6. The van der Waals surface area contributed by atoms with Crippen molar-refractivity contribution in [3.05, 3.63) is 90.5 Å². The number of nitrogens with zero attached hydrogens (tertiary/aromatic N) is 1. The van der Waals surface area contributed by atoms with Crippen molar-refractivity contribution < 1.29 is 18.7 Å². The molecule has 0 atom stereocenters. The van der Waals surface area contributed by atoms with E-state index in [2.05, 4.69) is 5.32 Å². The maximum absolute atomic E-state index is 13.3. The molecule has 1 N–H and O–H groups in total. The first-order chi connectivity index (χ1) is 14.1. The lowest BCUT2D eigenvalue weighted by Gasteiger charge is -2.08. The molecule has 0 saturated heterocycles. The smallest absolute Gasteiger partial charge is 0.298 e. The van der Waals surface area contributed by atoms with Crippen molar-refractivity contribution in [2.75, 3.05) is 12.4 Å². The number of carbonyl (C=O) groups is 2. The molecule has 0 aliphatic rings. The number of rotatable bonds is 5. The molecule has 29 heavy (non-hydrogen) atoms. The van der Waals surface area contributed by atoms with Gasteiger partial charge in [0, 0.05) is 23.0 Å². The average Bonchev–Trinajstić information content (AvgIpc) is 3.13. The molecule has 4 rings (SSSR count). The molecule has 2 aromatic carbocycles. The number of carbonyl (C=O) groups excluding carboxylic acids is 2. The minimum atomic E-state index is -0.762. The zero-order chi connectivity index (χ0) is 20.4. The van der Waals surface area contributed by atoms with E-state index in [1.54, 1.807) is 66.2 Å². The van der Waals surface area contributed by atoms with Crippen molar-refractivity contribution in [2.24, 2.45) is 0 Å². The van der Waals surface area contributed by atoms with Crippen LogP contribution in [0.3, 0.4) is 0 Å². The summed E-state index contributed by atoms with van der Waals surface area (Å²) in [5.41, 5.74) is 2.67. The molecule has 0 aliphatic carbocycles. The van der Waals surface area contributed by atoms with E-state index in [0.29, 0.717) is 22.6 Å². The van der Waals surface area contributed by atoms with Crippen LogP contribution in [-0.2, 0) is 4.79 Å². The van der Waals surface area contributed by atoms with E-state index in [0.717, 1.165) is 5.52 Å². The number of pyridine rings is 1. The molecule has 0 bridgehead atoms. The van der Waals surface area contributed by atoms with Crippen LogP contribution in [0, 0.1) is 5.82 Å². The second kappa shape index (κ2) is 7.59. The number of hydrogen-bond donors (Lipinski definition) is 1. The molecule has 0 spiro atoms. The molecule has 6 heteroatoms. The van der Waals surface area contributed by atoms with Crippen LogP contribution in [0.1, 0.15) is 10.5 Å². The van der Waals surface area contributed by atoms with Crippen molar-refractivity contribution in [1.29, 1.82) is 0 Å². The lowest BCUT2D eigenvalue weighted by molar-refractivity contribution is -0.112. The van der Waals surface area contributed by atoms with Crippen molar-refractivity contribution in [2.45, 2.75) is 0 Å². The molecule has 1 amide bonds. The minimum Gasteiger partial charge on any atom is -0.497 e. The predicted molar refractivity (Wildman–Crippen MR) is 109 cm³/mol. The fourth-order valence-electron chi connectivity index (χ4n) is 3.17. The van der Waals surface area contributed by atoms with E-state index >= 15 is 0 Å². The Morgan fingerprint density at radius 3 is 2.38 bits per heavy atom. The van der Waals surface area contributed by atoms with Crippen LogP contribution in [0.25, 0.3) is 16.6 Å². The summed E-state index contributed by atoms with van der Waals surface area (Å²) in [5.74, 6) is -1.18. The number of Topliss-reactive ketones (excluding diaryl/α,β-unsaturated/α-hetero) is 1. The SMILES string of the molecule is COc1ccc(NC(=O)C(=O)c2c(-c3ccc(F)cc3)cc3ccccn23)cc1. The monoisotopic (exact) mass is 388 g/mol. The van der Waals surface area contributed by atoms with E-state index in [4.69, 9.17) is 4.74 Å². The van der Waals surface area contributed by atoms with E-state index < -0.39 is 11.7 Å². The van der Waals surface area contributed by atoms with E-state index in [9.17, 15) is 14.0 Å². The van der Waals surface area contributed by atoms with Crippen molar-refractivity contribution in [3.63, 3.8) is 0 Å². The van der Waals surface area contributed by atoms with Crippen molar-refractivity contribution >= 4 is 22.9 Å². The average molecular weight is 388 g/mol. The zero-order valence-electron chi connectivity index (χ0n) is 15.6. The minimum absolute atomic E-state index is 0.221. The highest BCUT2D eigenvalue weighted by atomic mass is 19.1. The van der Waals surface area contributed by atoms with Crippen LogP contribution in [0.5, 0.6) is 5.75 Å². The van der Waals surface area contributed by atoms with Crippen LogP contribution in [0.15, 0.2) is 79.0 Å². The van der Waals surface area contributed by atoms with Crippen LogP contribution in [-0.4, -0.2) is 23.2 Å². The summed E-state index contributed by atoms with van der Waals surface area (Å²) in [4.78, 5) is 25.8. The number of aromatic nitrogens is 1. The summed E-state index contributed by atoms with van der Waals surface area (Å²) in [6.07, 6.45) is 1.72. The quantitative estimate of drug-likeness (QED) is 0.402. The van der Waals surface area contributed by atoms with Crippen LogP contribution in [0.4, 0.5) is 10.1 Å². The Bertz CT molecular complexity index is 1200. The summed E-state index contributed by atoms with van der Waals surface area (Å²) >= 11 is 0. The largest absolute Gasteiger partial charge is 0.497 e. The first-order valence-corrected chi connectivity index (χ1v) is 8.92. The van der Waals surface area contributed by atoms with Crippen molar-refractivity contribution in [1.82, 2.24) is 4.40 Å². The Morgan fingerprint density at radius 2 is 1.69 bits per heavy atom. The Labute approximate surface area is 166 Å². The Morgan fingerprint density at radius 1 is 0.966 bits per heavy atom. The molecular formula is C23H17FN2O3. The first kappa shape index (κ1) is 18.4. The van der Waals surface area contributed by atoms with Gasteiger partial charge in [0.25, 0.3) is 11.7 Å². The molecule has 0 saturated carbocycles. The Balaban J connectivity index is 1.73. The number of methoxy groups -OCH3 is 1. The first-order valence-electron chi connectivity index (χ1n) is 8.92. The molecule has 5 nitrogen and oxygen atoms in total. The van der Waals surface area contributed by atoms with Gasteiger partial charge in [-0.2, -0.15) is 0 Å². The highest BCUT2D eigenvalue weighted by Gasteiger charge is 2.24. The van der Waals surface area contributed by atoms with E-state index in [1.165, 1.54) is 12.1 Å². The van der Waals surface area contributed by atoms with Gasteiger partial charge in [-0.1, -0.05) is 18.2 Å². The highest BCUT2D eigenvalue weighted by molar-refractivity contribution is 6.47. The predicted octanol–water partition coefficient (Wildman–Crippen LogP) is 4.58. The summed E-state index contributed by atoms with van der Waals surface area (Å²) in [6.45, 7) is 0. The summed E-state index contributed by atoms with van der Waals surface area (Å²) in [5, 5.41) is 2.62. The van der Waals surface area contributed by atoms with Gasteiger partial charge in [0.1, 0.15) is 17.3 Å². The number of anilines is 1. The second-order valence-corrected chi connectivity index (χ2v) is 6.42. The number of halogens is 1. The lowest BCUT2D eigenvalue weighted by Crippen LogP contribution is -2.24. The number of amides is 1. The van der Waals surface area contributed by atoms with Crippen LogP contribution < -0.4 is 10.1 Å². The van der Waals surface area contributed by atoms with Gasteiger partial charge in [0.15, 0.2) is 0 Å². The Kier molecular flexibility index (Phi) is 4.83. The van der Waals surface area contributed by atoms with Gasteiger partial charge in [-0.05, 0) is 60.2 Å². The third-order valence-electron chi connectivity index (χ3n) is 4.60.